The first-order valence-electron chi connectivity index (χ1n) is 8.12. The van der Waals surface area contributed by atoms with Crippen LogP contribution in [0.3, 0.4) is 0 Å². The van der Waals surface area contributed by atoms with Gasteiger partial charge in [-0.25, -0.2) is 4.98 Å². The SMILES string of the molecule is CCCCNc1nc(N)ncc1CCc1cc(P)c(P)cc1OC. The van der Waals surface area contributed by atoms with Crippen molar-refractivity contribution in [3.8, 4) is 5.75 Å². The lowest BCUT2D eigenvalue weighted by atomic mass is 10.0. The number of methoxy groups -OCH3 is 1. The lowest BCUT2D eigenvalue weighted by Gasteiger charge is -2.14. The number of nitrogens with two attached hydrogens (primary N) is 1. The summed E-state index contributed by atoms with van der Waals surface area (Å²) in [5.41, 5.74) is 7.98. The average molecular weight is 364 g/mol. The van der Waals surface area contributed by atoms with Crippen LogP contribution in [0.25, 0.3) is 0 Å². The molecule has 0 aliphatic rings. The van der Waals surface area contributed by atoms with Gasteiger partial charge in [-0.15, -0.1) is 18.5 Å². The van der Waals surface area contributed by atoms with Crippen molar-refractivity contribution in [3.05, 3.63) is 29.5 Å². The molecule has 1 heterocycles. The number of rotatable bonds is 8. The van der Waals surface area contributed by atoms with E-state index >= 15 is 0 Å². The van der Waals surface area contributed by atoms with Crippen molar-refractivity contribution in [1.29, 1.82) is 0 Å². The van der Waals surface area contributed by atoms with Gasteiger partial charge in [0.1, 0.15) is 11.6 Å². The zero-order valence-electron chi connectivity index (χ0n) is 14.3. The predicted molar refractivity (Wildman–Crippen MR) is 109 cm³/mol. The van der Waals surface area contributed by atoms with Crippen LogP contribution in [-0.2, 0) is 12.8 Å². The zero-order chi connectivity index (χ0) is 17.5. The maximum absolute atomic E-state index is 5.73. The summed E-state index contributed by atoms with van der Waals surface area (Å²) >= 11 is 0. The Kier molecular flexibility index (Phi) is 7.20. The number of hydrogen-bond acceptors (Lipinski definition) is 5. The van der Waals surface area contributed by atoms with Crippen LogP contribution in [-0.4, -0.2) is 23.6 Å². The molecule has 0 spiro atoms. The Morgan fingerprint density at radius 2 is 1.88 bits per heavy atom. The second-order valence-corrected chi connectivity index (χ2v) is 6.92. The highest BCUT2D eigenvalue weighted by Crippen LogP contribution is 2.22. The topological polar surface area (TPSA) is 73.1 Å². The van der Waals surface area contributed by atoms with E-state index < -0.39 is 0 Å². The third-order valence-corrected chi connectivity index (χ3v) is 5.19. The van der Waals surface area contributed by atoms with Gasteiger partial charge in [0.15, 0.2) is 0 Å². The smallest absolute Gasteiger partial charge is 0.221 e. The summed E-state index contributed by atoms with van der Waals surface area (Å²) < 4.78 is 5.51. The van der Waals surface area contributed by atoms with E-state index in [0.29, 0.717) is 5.95 Å². The van der Waals surface area contributed by atoms with Gasteiger partial charge in [-0.3, -0.25) is 0 Å². The van der Waals surface area contributed by atoms with E-state index in [1.54, 1.807) is 7.11 Å². The van der Waals surface area contributed by atoms with Crippen LogP contribution >= 0.6 is 18.5 Å². The van der Waals surface area contributed by atoms with Gasteiger partial charge in [-0.05, 0) is 47.6 Å². The Balaban J connectivity index is 2.15. The molecule has 0 aliphatic heterocycles. The monoisotopic (exact) mass is 364 g/mol. The van der Waals surface area contributed by atoms with Crippen LogP contribution in [0.2, 0.25) is 0 Å². The number of unbranched alkanes of at least 4 members (excludes halogenated alkanes) is 1. The molecule has 0 fully saturated rings. The molecule has 0 aliphatic carbocycles. The summed E-state index contributed by atoms with van der Waals surface area (Å²) in [7, 11) is 7.19. The third kappa shape index (κ3) is 5.03. The van der Waals surface area contributed by atoms with Crippen molar-refractivity contribution in [3.63, 3.8) is 0 Å². The van der Waals surface area contributed by atoms with Crippen LogP contribution in [0.5, 0.6) is 5.75 Å². The predicted octanol–water partition coefficient (Wildman–Crippen LogP) is 2.07. The molecule has 0 saturated carbocycles. The Hall–Kier alpha value is -1.44. The van der Waals surface area contributed by atoms with Gasteiger partial charge in [-0.2, -0.15) is 4.98 Å². The fraction of sp³-hybridized carbons (Fsp3) is 0.412. The standard InChI is InChI=1S/C17H26N4OP2/c1-3-4-7-19-16-12(10-20-17(18)21-16)6-5-11-8-14(23)15(24)9-13(11)22-2/h8-10H,3-7,23-24H2,1-2H3,(H3,18,19,20,21). The lowest BCUT2D eigenvalue weighted by Crippen LogP contribution is -2.14. The first kappa shape index (κ1) is 18.9. The Morgan fingerprint density at radius 3 is 2.58 bits per heavy atom. The highest BCUT2D eigenvalue weighted by atomic mass is 31.0. The number of benzene rings is 1. The lowest BCUT2D eigenvalue weighted by molar-refractivity contribution is 0.410. The van der Waals surface area contributed by atoms with Crippen LogP contribution in [0.1, 0.15) is 30.9 Å². The summed E-state index contributed by atoms with van der Waals surface area (Å²) in [4.78, 5) is 8.49. The van der Waals surface area contributed by atoms with Crippen molar-refractivity contribution in [2.45, 2.75) is 32.6 Å². The maximum Gasteiger partial charge on any atom is 0.221 e. The molecule has 5 nitrogen and oxygen atoms in total. The highest BCUT2D eigenvalue weighted by molar-refractivity contribution is 7.35. The first-order valence-corrected chi connectivity index (χ1v) is 9.27. The molecule has 3 N–H and O–H groups in total. The second-order valence-electron chi connectivity index (χ2n) is 5.68. The van der Waals surface area contributed by atoms with E-state index in [-0.39, 0.29) is 0 Å². The molecular formula is C17H26N4OP2. The number of aryl methyl sites for hydroxylation is 2. The van der Waals surface area contributed by atoms with Crippen molar-refractivity contribution in [2.75, 3.05) is 24.7 Å². The molecular weight excluding hydrogens is 338 g/mol. The summed E-state index contributed by atoms with van der Waals surface area (Å²) in [5.74, 6) is 2.04. The molecule has 0 radical (unpaired) electrons. The Labute approximate surface area is 148 Å². The van der Waals surface area contributed by atoms with Crippen molar-refractivity contribution in [1.82, 2.24) is 9.97 Å². The summed E-state index contributed by atoms with van der Waals surface area (Å²) in [6.07, 6.45) is 5.73. The molecule has 0 saturated heterocycles. The highest BCUT2D eigenvalue weighted by Gasteiger charge is 2.10. The normalized spacial score (nSPS) is 10.7. The molecule has 2 aromatic rings. The summed E-state index contributed by atoms with van der Waals surface area (Å²) in [6.45, 7) is 3.06. The molecule has 2 atom stereocenters. The quantitative estimate of drug-likeness (QED) is 0.554. The van der Waals surface area contributed by atoms with Gasteiger partial charge in [-0.1, -0.05) is 13.3 Å². The first-order chi connectivity index (χ1) is 11.5. The van der Waals surface area contributed by atoms with Crippen LogP contribution in [0.4, 0.5) is 11.8 Å². The van der Waals surface area contributed by atoms with E-state index in [4.69, 9.17) is 10.5 Å². The molecule has 2 rings (SSSR count). The minimum Gasteiger partial charge on any atom is -0.496 e. The van der Waals surface area contributed by atoms with Gasteiger partial charge in [0, 0.05) is 18.3 Å². The molecule has 1 aromatic carbocycles. The fourth-order valence-electron chi connectivity index (χ4n) is 2.45. The van der Waals surface area contributed by atoms with E-state index in [2.05, 4.69) is 46.8 Å². The number of ether oxygens (including phenoxy) is 1. The zero-order valence-corrected chi connectivity index (χ0v) is 16.6. The number of nitrogens with zero attached hydrogens (tertiary/aromatic N) is 2. The Morgan fingerprint density at radius 1 is 1.17 bits per heavy atom. The second kappa shape index (κ2) is 9.15. The van der Waals surface area contributed by atoms with Gasteiger partial charge in [0.2, 0.25) is 5.95 Å². The van der Waals surface area contributed by atoms with Crippen molar-refractivity contribution >= 4 is 40.9 Å². The van der Waals surface area contributed by atoms with Crippen LogP contribution in [0, 0.1) is 0 Å². The maximum atomic E-state index is 5.73. The van der Waals surface area contributed by atoms with Crippen LogP contribution < -0.4 is 26.4 Å². The largest absolute Gasteiger partial charge is 0.496 e. The molecule has 1 aromatic heterocycles. The van der Waals surface area contributed by atoms with Gasteiger partial charge in [0.05, 0.1) is 7.11 Å². The number of hydrogen-bond donors (Lipinski definition) is 2. The molecule has 0 bridgehead atoms. The average Bonchev–Trinajstić information content (AvgIpc) is 2.57. The van der Waals surface area contributed by atoms with Crippen molar-refractivity contribution < 1.29 is 4.74 Å². The molecule has 7 heteroatoms. The van der Waals surface area contributed by atoms with Gasteiger partial charge >= 0.3 is 0 Å². The van der Waals surface area contributed by atoms with Crippen LogP contribution in [0.15, 0.2) is 18.3 Å². The molecule has 130 valence electrons. The summed E-state index contributed by atoms with van der Waals surface area (Å²) in [6, 6.07) is 4.19. The fourth-order valence-corrected chi connectivity index (χ4v) is 2.97. The Bertz CT molecular complexity index is 695. The number of nitrogen functional groups attached to an aromatic ring is 1. The molecule has 2 unspecified atom stereocenters. The van der Waals surface area contributed by atoms with E-state index in [9.17, 15) is 0 Å². The molecule has 24 heavy (non-hydrogen) atoms. The molecule has 0 amide bonds. The van der Waals surface area contributed by atoms with Gasteiger partial charge in [0.25, 0.3) is 0 Å². The number of nitrogens with one attached hydrogen (secondary N) is 1. The third-order valence-electron chi connectivity index (χ3n) is 3.86. The van der Waals surface area contributed by atoms with Gasteiger partial charge < -0.3 is 15.8 Å². The van der Waals surface area contributed by atoms with E-state index in [1.807, 2.05) is 12.3 Å². The minimum absolute atomic E-state index is 0.301. The van der Waals surface area contributed by atoms with E-state index in [0.717, 1.165) is 60.0 Å². The van der Waals surface area contributed by atoms with E-state index in [1.165, 1.54) is 5.56 Å². The minimum atomic E-state index is 0.301. The van der Waals surface area contributed by atoms with Crippen molar-refractivity contribution in [2.24, 2.45) is 0 Å². The summed E-state index contributed by atoms with van der Waals surface area (Å²) in [5, 5.41) is 5.65. The number of aromatic nitrogens is 2. The number of anilines is 2.